The monoisotopic (exact) mass is 692 g/mol. The summed E-state index contributed by atoms with van der Waals surface area (Å²) in [5.41, 5.74) is 8.59. The van der Waals surface area contributed by atoms with Crippen LogP contribution >= 0.6 is 11.3 Å². The third-order valence-corrected chi connectivity index (χ3v) is 12.1. The Hall–Kier alpha value is -6.82. The van der Waals surface area contributed by atoms with E-state index < -0.39 is 0 Å². The van der Waals surface area contributed by atoms with Crippen molar-refractivity contribution in [2.45, 2.75) is 0 Å². The first kappa shape index (κ1) is 28.8. The van der Waals surface area contributed by atoms with E-state index in [1.165, 1.54) is 58.0 Å². The molecule has 0 spiro atoms. The van der Waals surface area contributed by atoms with Gasteiger partial charge in [0.05, 0.1) is 38.0 Å². The molecule has 0 saturated carbocycles. The van der Waals surface area contributed by atoms with Crippen LogP contribution in [0.1, 0.15) is 0 Å². The first-order valence-corrected chi connectivity index (χ1v) is 18.7. The van der Waals surface area contributed by atoms with Gasteiger partial charge in [-0.05, 0) is 53.2 Å². The normalized spacial score (nSPS) is 12.2. The highest BCUT2D eigenvalue weighted by molar-refractivity contribution is 7.27. The van der Waals surface area contributed by atoms with Crippen LogP contribution < -0.4 is 0 Å². The van der Waals surface area contributed by atoms with Gasteiger partial charge in [-0.2, -0.15) is 0 Å². The number of nitrogens with zero attached hydrogens (tertiary/aromatic N) is 4. The highest BCUT2D eigenvalue weighted by Gasteiger charge is 2.24. The van der Waals surface area contributed by atoms with Gasteiger partial charge in [-0.15, -0.1) is 11.3 Å². The van der Waals surface area contributed by atoms with E-state index in [0.717, 1.165) is 44.4 Å². The average molecular weight is 693 g/mol. The zero-order chi connectivity index (χ0) is 34.6. The summed E-state index contributed by atoms with van der Waals surface area (Å²) in [6.45, 7) is 0. The van der Waals surface area contributed by atoms with E-state index in [9.17, 15) is 0 Å². The van der Waals surface area contributed by atoms with Gasteiger partial charge in [0.2, 0.25) is 5.95 Å². The average Bonchev–Trinajstić information content (AvgIpc) is 3.89. The molecule has 0 saturated heterocycles. The van der Waals surface area contributed by atoms with Crippen molar-refractivity contribution in [1.29, 1.82) is 0 Å². The molecule has 5 heteroatoms. The topological polar surface area (TPSA) is 35.6 Å². The van der Waals surface area contributed by atoms with E-state index in [4.69, 9.17) is 9.97 Å². The molecule has 0 atom stereocenters. The minimum absolute atomic E-state index is 0.669. The second-order valence-corrected chi connectivity index (χ2v) is 14.8. The Morgan fingerprint density at radius 2 is 1.02 bits per heavy atom. The van der Waals surface area contributed by atoms with Crippen LogP contribution in [0.2, 0.25) is 0 Å². The van der Waals surface area contributed by atoms with Crippen molar-refractivity contribution in [3.05, 3.63) is 170 Å². The number of rotatable bonds is 3. The van der Waals surface area contributed by atoms with Crippen molar-refractivity contribution in [1.82, 2.24) is 19.1 Å². The van der Waals surface area contributed by atoms with Crippen LogP contribution in [-0.2, 0) is 0 Å². The van der Waals surface area contributed by atoms with E-state index in [2.05, 4.69) is 179 Å². The van der Waals surface area contributed by atoms with Crippen LogP contribution in [0.5, 0.6) is 0 Å². The number of para-hydroxylation sites is 4. The molecule has 8 aromatic carbocycles. The summed E-state index contributed by atoms with van der Waals surface area (Å²) >= 11 is 1.86. The molecule has 0 unspecified atom stereocenters. The molecule has 53 heavy (non-hydrogen) atoms. The molecular weight excluding hydrogens is 665 g/mol. The maximum absolute atomic E-state index is 5.57. The summed E-state index contributed by atoms with van der Waals surface area (Å²) in [5, 5.41) is 11.0. The maximum Gasteiger partial charge on any atom is 0.235 e. The Morgan fingerprint density at radius 1 is 0.415 bits per heavy atom. The summed E-state index contributed by atoms with van der Waals surface area (Å²) in [6.07, 6.45) is 0. The molecular formula is C48H28N4S. The largest absolute Gasteiger partial charge is 0.309 e. The summed E-state index contributed by atoms with van der Waals surface area (Å²) < 4.78 is 7.22. The maximum atomic E-state index is 5.57. The summed E-state index contributed by atoms with van der Waals surface area (Å²) in [4.78, 5) is 10.9. The second-order valence-electron chi connectivity index (χ2n) is 13.7. The first-order chi connectivity index (χ1) is 26.3. The van der Waals surface area contributed by atoms with Gasteiger partial charge < -0.3 is 4.57 Å². The minimum Gasteiger partial charge on any atom is -0.309 e. The smallest absolute Gasteiger partial charge is 0.235 e. The molecule has 4 nitrogen and oxygen atoms in total. The Morgan fingerprint density at radius 3 is 1.83 bits per heavy atom. The van der Waals surface area contributed by atoms with Crippen molar-refractivity contribution in [2.75, 3.05) is 0 Å². The van der Waals surface area contributed by atoms with Crippen molar-refractivity contribution in [3.63, 3.8) is 0 Å². The lowest BCUT2D eigenvalue weighted by Crippen LogP contribution is -2.03. The van der Waals surface area contributed by atoms with E-state index in [1.807, 2.05) is 11.3 Å². The molecule has 0 fully saturated rings. The van der Waals surface area contributed by atoms with Crippen LogP contribution in [0.15, 0.2) is 170 Å². The Labute approximate surface area is 307 Å². The lowest BCUT2D eigenvalue weighted by atomic mass is 9.99. The molecule has 12 rings (SSSR count). The molecule has 4 aromatic heterocycles. The van der Waals surface area contributed by atoms with Crippen LogP contribution in [0, 0.1) is 0 Å². The molecule has 0 aliphatic carbocycles. The summed E-state index contributed by atoms with van der Waals surface area (Å²) in [6, 6.07) is 60.9. The van der Waals surface area contributed by atoms with Gasteiger partial charge in [0, 0.05) is 53.7 Å². The fourth-order valence-electron chi connectivity index (χ4n) is 8.69. The minimum atomic E-state index is 0.669. The zero-order valence-corrected chi connectivity index (χ0v) is 29.2. The number of aromatic nitrogens is 4. The quantitative estimate of drug-likeness (QED) is 0.185. The third-order valence-electron chi connectivity index (χ3n) is 10.9. The molecule has 0 N–H and O–H groups in total. The van der Waals surface area contributed by atoms with Gasteiger partial charge in [-0.3, -0.25) is 4.57 Å². The number of thiophene rings is 1. The molecule has 246 valence electrons. The van der Waals surface area contributed by atoms with Gasteiger partial charge in [-0.1, -0.05) is 127 Å². The van der Waals surface area contributed by atoms with Gasteiger partial charge >= 0.3 is 0 Å². The predicted octanol–water partition coefficient (Wildman–Crippen LogP) is 13.0. The number of fused-ring (bicyclic) bond motifs is 14. The molecule has 0 radical (unpaired) electrons. The van der Waals surface area contributed by atoms with Crippen molar-refractivity contribution < 1.29 is 0 Å². The molecule has 0 aliphatic heterocycles. The van der Waals surface area contributed by atoms with Gasteiger partial charge in [-0.25, -0.2) is 9.97 Å². The summed E-state index contributed by atoms with van der Waals surface area (Å²) in [7, 11) is 0. The standard InChI is InChI=1S/C48H28N4S/c1-2-14-30(15-3-1)51-39-23-11-7-16-31(39)32-27-26-29(28-41(32)51)45-35-19-6-10-22-38(35)49-48(50-45)52-40-24-12-8-20-36(40)43-33-17-4-5-18-34(33)44-37-21-9-13-25-42(37)53-47(44)46(43)52/h1-28H. The highest BCUT2D eigenvalue weighted by atomic mass is 32.1. The van der Waals surface area contributed by atoms with E-state index >= 15 is 0 Å². The van der Waals surface area contributed by atoms with Crippen molar-refractivity contribution in [2.24, 2.45) is 0 Å². The zero-order valence-electron chi connectivity index (χ0n) is 28.4. The second kappa shape index (κ2) is 10.8. The van der Waals surface area contributed by atoms with Crippen LogP contribution in [0.4, 0.5) is 0 Å². The van der Waals surface area contributed by atoms with Crippen molar-refractivity contribution in [3.8, 4) is 22.9 Å². The van der Waals surface area contributed by atoms with Crippen molar-refractivity contribution >= 4 is 96.8 Å². The van der Waals surface area contributed by atoms with Crippen LogP contribution in [0.3, 0.4) is 0 Å². The van der Waals surface area contributed by atoms with Gasteiger partial charge in [0.15, 0.2) is 0 Å². The predicted molar refractivity (Wildman–Crippen MR) is 224 cm³/mol. The van der Waals surface area contributed by atoms with E-state index in [0.29, 0.717) is 5.95 Å². The van der Waals surface area contributed by atoms with Crippen LogP contribution in [-0.4, -0.2) is 19.1 Å². The van der Waals surface area contributed by atoms with E-state index in [-0.39, 0.29) is 0 Å². The fraction of sp³-hybridized carbons (Fsp3) is 0. The lowest BCUT2D eigenvalue weighted by molar-refractivity contribution is 1.02. The number of benzene rings is 8. The molecule has 4 heterocycles. The molecule has 0 bridgehead atoms. The Balaban J connectivity index is 1.21. The summed E-state index contributed by atoms with van der Waals surface area (Å²) in [5.74, 6) is 0.669. The first-order valence-electron chi connectivity index (χ1n) is 17.9. The Bertz CT molecular complexity index is 3460. The molecule has 0 amide bonds. The van der Waals surface area contributed by atoms with E-state index in [1.54, 1.807) is 0 Å². The van der Waals surface area contributed by atoms with Gasteiger partial charge in [0.25, 0.3) is 0 Å². The fourth-order valence-corrected chi connectivity index (χ4v) is 9.95. The number of hydrogen-bond acceptors (Lipinski definition) is 3. The third kappa shape index (κ3) is 4.00. The van der Waals surface area contributed by atoms with Crippen LogP contribution in [0.25, 0.3) is 108 Å². The Kier molecular flexibility index (Phi) is 5.90. The lowest BCUT2D eigenvalue weighted by Gasteiger charge is -2.13. The van der Waals surface area contributed by atoms with Gasteiger partial charge in [0.1, 0.15) is 0 Å². The highest BCUT2D eigenvalue weighted by Crippen LogP contribution is 2.48. The SMILES string of the molecule is c1ccc(-n2c3ccccc3c3ccc(-c4nc(-n5c6ccccc6c6c7ccccc7c7c8ccccc8sc7c65)nc5ccccc45)cc32)cc1. The molecule has 0 aliphatic rings. The number of hydrogen-bond donors (Lipinski definition) is 0. The molecule has 12 aromatic rings.